The summed E-state index contributed by atoms with van der Waals surface area (Å²) in [6.45, 7) is 24.9. The van der Waals surface area contributed by atoms with Crippen LogP contribution in [0.1, 0.15) is 27.8 Å². The van der Waals surface area contributed by atoms with Crippen LogP contribution in [0.2, 0.25) is 0 Å². The minimum atomic E-state index is -5.04. The second-order valence-electron chi connectivity index (χ2n) is 34.8. The van der Waals surface area contributed by atoms with Gasteiger partial charge in [0, 0.05) is 98.5 Å². The van der Waals surface area contributed by atoms with E-state index in [1.165, 1.54) is 36.4 Å². The molecule has 0 radical (unpaired) electrons. The van der Waals surface area contributed by atoms with E-state index in [1.54, 1.807) is 72.8 Å². The Morgan fingerprint density at radius 3 is 0.747 bits per heavy atom. The molecule has 0 aliphatic rings. The average Bonchev–Trinajstić information content (AvgIpc) is 0.721. The molecule has 6 heterocycles. The topological polar surface area (TPSA) is 200 Å². The van der Waals surface area contributed by atoms with Gasteiger partial charge in [0.25, 0.3) is 0 Å². The maximum absolute atomic E-state index is 15.6. The van der Waals surface area contributed by atoms with Crippen LogP contribution >= 0.6 is 0 Å². The Morgan fingerprint density at radius 2 is 0.467 bits per heavy atom. The molecule has 0 spiro atoms. The monoisotopic (exact) mass is 1960 g/mol. The third-order valence-corrected chi connectivity index (χ3v) is 26.0. The van der Waals surface area contributed by atoms with Crippen molar-refractivity contribution in [2.24, 2.45) is 0 Å². The minimum absolute atomic E-state index is 0.0784. The molecule has 0 aliphatic heterocycles. The Bertz CT molecular complexity index is 9910. The molecule has 15 nitrogen and oxygen atoms in total. The summed E-state index contributed by atoms with van der Waals surface area (Å²) in [6, 6.07) is 117. The summed E-state index contributed by atoms with van der Waals surface area (Å²) < 4.78 is 145. The highest BCUT2D eigenvalue weighted by molar-refractivity contribution is 6.29. The van der Waals surface area contributed by atoms with Crippen LogP contribution in [0.4, 0.5) is 61.0 Å². The van der Waals surface area contributed by atoms with Crippen molar-refractivity contribution in [3.05, 3.63) is 468 Å². The highest BCUT2D eigenvalue weighted by Crippen LogP contribution is 2.53. The molecule has 0 bridgehead atoms. The standard InChI is InChI=1S/C42H22F6N4.C42H22N6.C41H19F4N5/c1-49-33-23-34-40(52-38(25-14-6-3-7-15-25)37(51-34)24-12-4-2-5-13-24)35-31-18-10-11-19-32(31)50-39(36(33)35)30-17-9-8-16-29(30)26-20-27(41(43,44)45)22-28(21-26)42(46,47)48;1-45-35-23-36-42(48-40(29-14-6-3-7-15-29)39(47-36)28-12-4-2-5-13-28)37-33-18-10-11-19-34(33)46-41(38(35)37)32-17-9-8-16-31(32)30-21-26(24-43)20-27(22-30)25-44;1-47-29-20-30-41(50-39(23-14-6-3-7-15-23)38(49-30)22-12-4-2-5-13-22)31-26-18-10-11-19-28(26)48-40(33(29)31)25-17-9-8-16-24(25)32-36(44)34(42)27(21-46)35(43)37(32)45/h2-23H;2-23H;2-20H. The lowest BCUT2D eigenvalue weighted by Gasteiger charge is -2.19. The number of hydrogen-bond donors (Lipinski definition) is 0. The van der Waals surface area contributed by atoms with Gasteiger partial charge in [-0.1, -0.05) is 309 Å². The van der Waals surface area contributed by atoms with Crippen LogP contribution < -0.4 is 0 Å². The third-order valence-electron chi connectivity index (χ3n) is 26.0. The molecule has 708 valence electrons. The van der Waals surface area contributed by atoms with Gasteiger partial charge in [0.05, 0.1) is 161 Å². The van der Waals surface area contributed by atoms with E-state index in [9.17, 15) is 45.6 Å². The van der Waals surface area contributed by atoms with E-state index in [0.717, 1.165) is 72.2 Å². The van der Waals surface area contributed by atoms with Crippen molar-refractivity contribution in [3.63, 3.8) is 0 Å². The van der Waals surface area contributed by atoms with Crippen LogP contribution in [-0.2, 0) is 12.4 Å². The van der Waals surface area contributed by atoms with Crippen molar-refractivity contribution < 1.29 is 43.9 Å². The van der Waals surface area contributed by atoms with Gasteiger partial charge < -0.3 is 0 Å². The van der Waals surface area contributed by atoms with Gasteiger partial charge in [-0.15, -0.1) is 0 Å². The SMILES string of the molecule is [C-]#[N+]c1cc2nc(-c3ccccc3)c(-c3ccccc3)nc2c2c1c(-c1ccccc1-c1c(F)c(F)c(C#N)c(F)c1F)nc1ccccc12.[C-]#[N+]c1cc2nc(-c3ccccc3)c(-c3ccccc3)nc2c2c1c(-c1ccccc1-c1cc(C#N)cc(C#N)c1)nc1ccccc12.[C-]#[N+]c1cc2nc(-c3ccccc3)c(-c3ccccc3)nc2c2c1c(-c1ccccc1-c1cc(C(F)(F)F)cc(C(F)(F)F)c1)nc1ccccc12. The van der Waals surface area contributed by atoms with Crippen LogP contribution in [0, 0.1) is 77.0 Å². The van der Waals surface area contributed by atoms with Crippen molar-refractivity contribution in [1.82, 2.24) is 44.9 Å². The van der Waals surface area contributed by atoms with Gasteiger partial charge in [0.2, 0.25) is 0 Å². The van der Waals surface area contributed by atoms with Crippen molar-refractivity contribution in [2.75, 3.05) is 0 Å². The second kappa shape index (κ2) is 38.8. The highest BCUT2D eigenvalue weighted by atomic mass is 19.4. The first-order chi connectivity index (χ1) is 73.1. The molecule has 150 heavy (non-hydrogen) atoms. The molecule has 0 atom stereocenters. The fourth-order valence-corrected chi connectivity index (χ4v) is 19.3. The summed E-state index contributed by atoms with van der Waals surface area (Å²) in [6.07, 6.45) is -10.1. The molecule has 0 fully saturated rings. The molecule has 0 saturated carbocycles. The number of fused-ring (bicyclic) bond motifs is 15. The van der Waals surface area contributed by atoms with Crippen LogP contribution in [0.25, 0.3) is 247 Å². The number of hydrogen-bond acceptors (Lipinski definition) is 12. The predicted molar refractivity (Wildman–Crippen MR) is 565 cm³/mol. The predicted octanol–water partition coefficient (Wildman–Crippen LogP) is 33.9. The molecule has 0 N–H and O–H groups in total. The zero-order chi connectivity index (χ0) is 103. The molecule has 24 aromatic rings. The number of rotatable bonds is 12. The Labute approximate surface area is 847 Å². The summed E-state index contributed by atoms with van der Waals surface area (Å²) >= 11 is 0. The first-order valence-electron chi connectivity index (χ1n) is 46.6. The van der Waals surface area contributed by atoms with Gasteiger partial charge in [-0.3, -0.25) is 0 Å². The molecule has 0 saturated heterocycles. The van der Waals surface area contributed by atoms with Gasteiger partial charge in [-0.2, -0.15) is 42.1 Å². The number of alkyl halides is 6. The first kappa shape index (κ1) is 94.2. The molecule has 0 unspecified atom stereocenters. The van der Waals surface area contributed by atoms with Gasteiger partial charge >= 0.3 is 12.4 Å². The minimum Gasteiger partial charge on any atom is -0.248 e. The number of pyridine rings is 3. The summed E-state index contributed by atoms with van der Waals surface area (Å²) in [5.41, 5.74) is 13.1. The largest absolute Gasteiger partial charge is 0.416 e. The highest BCUT2D eigenvalue weighted by Gasteiger charge is 2.39. The van der Waals surface area contributed by atoms with Gasteiger partial charge in [0.1, 0.15) is 11.6 Å². The van der Waals surface area contributed by atoms with Crippen LogP contribution in [-0.4, -0.2) is 44.9 Å². The summed E-state index contributed by atoms with van der Waals surface area (Å²) in [5.74, 6) is -7.06. The maximum Gasteiger partial charge on any atom is 0.416 e. The van der Waals surface area contributed by atoms with Crippen molar-refractivity contribution in [2.45, 2.75) is 12.4 Å². The molecule has 0 amide bonds. The molecular weight excluding hydrogens is 1900 g/mol. The van der Waals surface area contributed by atoms with Crippen molar-refractivity contribution in [3.8, 4) is 153 Å². The molecule has 18 aromatic carbocycles. The number of aromatic nitrogens is 9. The number of nitriles is 3. The second-order valence-corrected chi connectivity index (χ2v) is 34.8. The molecule has 6 aromatic heterocycles. The Balaban J connectivity index is 0.000000127. The fraction of sp³-hybridized carbons (Fsp3) is 0.0160. The lowest BCUT2D eigenvalue weighted by Crippen LogP contribution is -2.11. The number of benzene rings is 18. The Hall–Kier alpha value is -20.8. The summed E-state index contributed by atoms with van der Waals surface area (Å²) in [5, 5.41) is 33.9. The van der Waals surface area contributed by atoms with E-state index >= 15 is 8.78 Å². The maximum atomic E-state index is 15.6. The van der Waals surface area contributed by atoms with E-state index in [-0.39, 0.29) is 56.6 Å². The van der Waals surface area contributed by atoms with Crippen LogP contribution in [0.3, 0.4) is 0 Å². The van der Waals surface area contributed by atoms with Crippen LogP contribution in [0.15, 0.2) is 382 Å². The van der Waals surface area contributed by atoms with Gasteiger partial charge in [0.15, 0.2) is 40.3 Å². The Morgan fingerprint density at radius 1 is 0.220 bits per heavy atom. The average molecular weight is 1960 g/mol. The van der Waals surface area contributed by atoms with Crippen molar-refractivity contribution in [1.29, 1.82) is 15.8 Å². The van der Waals surface area contributed by atoms with Gasteiger partial charge in [-0.05, 0) is 101 Å². The van der Waals surface area contributed by atoms with E-state index < -0.39 is 57.9 Å². The smallest absolute Gasteiger partial charge is 0.248 e. The molecule has 24 rings (SSSR count). The quantitative estimate of drug-likeness (QED) is 0.0486. The number of para-hydroxylation sites is 3. The lowest BCUT2D eigenvalue weighted by molar-refractivity contribution is -0.143. The fourth-order valence-electron chi connectivity index (χ4n) is 19.3. The summed E-state index contributed by atoms with van der Waals surface area (Å²) in [7, 11) is 0. The van der Waals surface area contributed by atoms with E-state index in [1.807, 2.05) is 261 Å². The molecular formula is C125H63F10N15. The van der Waals surface area contributed by atoms with Crippen molar-refractivity contribution >= 4 is 115 Å². The van der Waals surface area contributed by atoms with Crippen LogP contribution in [0.5, 0.6) is 0 Å². The zero-order valence-electron chi connectivity index (χ0n) is 77.9. The Kier molecular flexibility index (Phi) is 24.4. The lowest BCUT2D eigenvalue weighted by atomic mass is 9.90. The summed E-state index contributed by atoms with van der Waals surface area (Å²) in [4.78, 5) is 57.9. The molecule has 25 heteroatoms. The molecule has 0 aliphatic carbocycles. The normalized spacial score (nSPS) is 11.4. The van der Waals surface area contributed by atoms with E-state index in [0.29, 0.717) is 145 Å². The number of nitrogens with zero attached hydrogens (tertiary/aromatic N) is 15. The first-order valence-corrected chi connectivity index (χ1v) is 46.6. The van der Waals surface area contributed by atoms with E-state index in [2.05, 4.69) is 26.7 Å². The zero-order valence-corrected chi connectivity index (χ0v) is 77.9. The third kappa shape index (κ3) is 17.0. The van der Waals surface area contributed by atoms with E-state index in [4.69, 9.17) is 69.8 Å². The van der Waals surface area contributed by atoms with Gasteiger partial charge in [-0.25, -0.2) is 77.0 Å². The number of halogens is 10.